The number of nitriles is 1. The lowest BCUT2D eigenvalue weighted by molar-refractivity contribution is -0.137. The molecule has 1 amide bonds. The maximum absolute atomic E-state index is 13.0. The minimum Gasteiger partial charge on any atom is -0.494 e. The predicted molar refractivity (Wildman–Crippen MR) is 140 cm³/mol. The van der Waals surface area contributed by atoms with Crippen molar-refractivity contribution in [3.8, 4) is 11.8 Å². The van der Waals surface area contributed by atoms with Gasteiger partial charge in [0.25, 0.3) is 5.91 Å². The zero-order valence-electron chi connectivity index (χ0n) is 20.1. The van der Waals surface area contributed by atoms with Crippen LogP contribution in [0.5, 0.6) is 5.75 Å². The third kappa shape index (κ3) is 8.62. The van der Waals surface area contributed by atoms with E-state index in [0.717, 1.165) is 42.7 Å². The first kappa shape index (κ1) is 28.2. The van der Waals surface area contributed by atoms with Gasteiger partial charge in [-0.05, 0) is 54.0 Å². The molecule has 3 rings (SSSR count). The Morgan fingerprint density at radius 1 is 1.19 bits per heavy atom. The third-order valence-electron chi connectivity index (χ3n) is 5.33. The van der Waals surface area contributed by atoms with E-state index < -0.39 is 17.6 Å². The quantitative estimate of drug-likeness (QED) is 0.150. The highest BCUT2D eigenvalue weighted by atomic mass is 35.5. The van der Waals surface area contributed by atoms with Crippen LogP contribution >= 0.6 is 22.9 Å². The molecule has 3 aromatic rings. The topological polar surface area (TPSA) is 75.0 Å². The van der Waals surface area contributed by atoms with E-state index >= 15 is 0 Å². The van der Waals surface area contributed by atoms with Gasteiger partial charge in [-0.25, -0.2) is 4.98 Å². The molecule has 0 saturated heterocycles. The molecule has 0 spiro atoms. The number of alkyl halides is 3. The molecule has 1 aromatic heterocycles. The van der Waals surface area contributed by atoms with Crippen LogP contribution in [0.15, 0.2) is 54.2 Å². The van der Waals surface area contributed by atoms with Crippen LogP contribution in [0.2, 0.25) is 5.02 Å². The van der Waals surface area contributed by atoms with Crippen molar-refractivity contribution >= 4 is 40.1 Å². The number of thiazole rings is 1. The predicted octanol–water partition coefficient (Wildman–Crippen LogP) is 7.91. The van der Waals surface area contributed by atoms with E-state index in [-0.39, 0.29) is 22.1 Å². The number of benzene rings is 2. The molecule has 5 nitrogen and oxygen atoms in total. The van der Waals surface area contributed by atoms with Crippen LogP contribution in [0.1, 0.15) is 54.2 Å². The number of nitrogens with zero attached hydrogens (tertiary/aromatic N) is 2. The van der Waals surface area contributed by atoms with E-state index in [1.54, 1.807) is 24.3 Å². The Bertz CT molecular complexity index is 1280. The number of aromatic nitrogens is 1. The van der Waals surface area contributed by atoms with Gasteiger partial charge < -0.3 is 4.74 Å². The van der Waals surface area contributed by atoms with Gasteiger partial charge in [-0.15, -0.1) is 11.3 Å². The highest BCUT2D eigenvalue weighted by Gasteiger charge is 2.31. The number of hydrogen-bond acceptors (Lipinski definition) is 5. The molecule has 194 valence electrons. The van der Waals surface area contributed by atoms with E-state index in [2.05, 4.69) is 17.2 Å². The van der Waals surface area contributed by atoms with Gasteiger partial charge in [0.15, 0.2) is 5.13 Å². The molecular weight excluding hydrogens is 523 g/mol. The molecule has 10 heteroatoms. The van der Waals surface area contributed by atoms with E-state index in [9.17, 15) is 23.2 Å². The molecule has 1 heterocycles. The number of ether oxygens (including phenoxy) is 1. The number of halogens is 4. The van der Waals surface area contributed by atoms with Crippen LogP contribution in [0, 0.1) is 11.3 Å². The van der Waals surface area contributed by atoms with Crippen molar-refractivity contribution < 1.29 is 22.7 Å². The summed E-state index contributed by atoms with van der Waals surface area (Å²) in [5.74, 6) is 0.0737. The Kier molecular flexibility index (Phi) is 10.1. The molecule has 0 fully saturated rings. The second kappa shape index (κ2) is 13.3. The Labute approximate surface area is 222 Å². The Morgan fingerprint density at radius 3 is 2.62 bits per heavy atom. The maximum Gasteiger partial charge on any atom is 0.416 e. The van der Waals surface area contributed by atoms with Crippen molar-refractivity contribution in [3.63, 3.8) is 0 Å². The smallest absolute Gasteiger partial charge is 0.416 e. The Morgan fingerprint density at radius 2 is 1.95 bits per heavy atom. The average Bonchev–Trinajstić information content (AvgIpc) is 3.30. The number of nitrogens with one attached hydrogen (secondary N) is 1. The molecule has 0 radical (unpaired) electrons. The van der Waals surface area contributed by atoms with Crippen molar-refractivity contribution in [2.45, 2.75) is 45.2 Å². The Balaban J connectivity index is 1.61. The molecule has 37 heavy (non-hydrogen) atoms. The van der Waals surface area contributed by atoms with E-state index in [1.165, 1.54) is 24.8 Å². The number of rotatable bonds is 11. The molecule has 0 saturated carbocycles. The molecule has 0 atom stereocenters. The highest BCUT2D eigenvalue weighted by Crippen LogP contribution is 2.33. The Hall–Kier alpha value is -3.35. The summed E-state index contributed by atoms with van der Waals surface area (Å²) in [5, 5.41) is 12.5. The van der Waals surface area contributed by atoms with Crippen LogP contribution in [0.3, 0.4) is 0 Å². The number of carbonyl (C=O) groups is 1. The van der Waals surface area contributed by atoms with E-state index in [0.29, 0.717) is 28.4 Å². The summed E-state index contributed by atoms with van der Waals surface area (Å²) in [4.78, 5) is 17.3. The lowest BCUT2D eigenvalue weighted by Crippen LogP contribution is -2.13. The molecule has 0 bridgehead atoms. The van der Waals surface area contributed by atoms with E-state index in [4.69, 9.17) is 16.3 Å². The molecular formula is C27H25ClF3N3O2S. The molecule has 0 aliphatic rings. The summed E-state index contributed by atoms with van der Waals surface area (Å²) in [7, 11) is 0. The van der Waals surface area contributed by atoms with Crippen molar-refractivity contribution in [2.24, 2.45) is 0 Å². The number of amides is 1. The number of unbranched alkanes of at least 4 members (excludes halogenated alkanes) is 3. The summed E-state index contributed by atoms with van der Waals surface area (Å²) < 4.78 is 44.8. The molecule has 0 aliphatic heterocycles. The van der Waals surface area contributed by atoms with Crippen molar-refractivity contribution in [3.05, 3.63) is 80.8 Å². The zero-order valence-corrected chi connectivity index (χ0v) is 21.6. The average molecular weight is 548 g/mol. The van der Waals surface area contributed by atoms with Crippen molar-refractivity contribution in [2.75, 3.05) is 11.9 Å². The number of carbonyl (C=O) groups excluding carboxylic acids is 1. The largest absolute Gasteiger partial charge is 0.494 e. The fraction of sp³-hybridized carbons (Fsp3) is 0.296. The normalized spacial score (nSPS) is 11.7. The molecule has 0 unspecified atom stereocenters. The van der Waals surface area contributed by atoms with Crippen molar-refractivity contribution in [1.29, 1.82) is 5.26 Å². The van der Waals surface area contributed by atoms with Gasteiger partial charge in [0, 0.05) is 22.5 Å². The summed E-state index contributed by atoms with van der Waals surface area (Å²) in [5.41, 5.74) is 0.0410. The standard InChI is InChI=1S/C27H25ClF3N3O2S/c1-2-3-4-5-12-36-22-9-6-18(7-10-22)13-20(16-32)25(35)34-26-33-17-23(37-26)15-19-14-21(27(29,30)31)8-11-24(19)28/h6-11,13-14,17H,2-5,12,15H2,1H3,(H,33,34,35). The van der Waals surface area contributed by atoms with Gasteiger partial charge in [0.2, 0.25) is 0 Å². The first-order chi connectivity index (χ1) is 17.7. The maximum atomic E-state index is 13.0. The lowest BCUT2D eigenvalue weighted by Gasteiger charge is -2.09. The van der Waals surface area contributed by atoms with Gasteiger partial charge in [-0.3, -0.25) is 10.1 Å². The van der Waals surface area contributed by atoms with E-state index in [1.807, 2.05) is 6.07 Å². The van der Waals surface area contributed by atoms with Gasteiger partial charge in [0.05, 0.1) is 12.2 Å². The summed E-state index contributed by atoms with van der Waals surface area (Å²) in [6.07, 6.45) is 2.99. The van der Waals surface area contributed by atoms with Crippen LogP contribution in [-0.2, 0) is 17.4 Å². The summed E-state index contributed by atoms with van der Waals surface area (Å²) in [6.45, 7) is 2.79. The number of anilines is 1. The lowest BCUT2D eigenvalue weighted by atomic mass is 10.1. The summed E-state index contributed by atoms with van der Waals surface area (Å²) in [6, 6.07) is 12.1. The highest BCUT2D eigenvalue weighted by molar-refractivity contribution is 7.15. The molecule has 0 aliphatic carbocycles. The minimum absolute atomic E-state index is 0.115. The second-order valence-corrected chi connectivity index (χ2v) is 9.74. The minimum atomic E-state index is -4.48. The van der Waals surface area contributed by atoms with Gasteiger partial charge in [-0.2, -0.15) is 18.4 Å². The zero-order chi connectivity index (χ0) is 26.8. The van der Waals surface area contributed by atoms with Crippen LogP contribution in [-0.4, -0.2) is 17.5 Å². The third-order valence-corrected chi connectivity index (χ3v) is 6.62. The van der Waals surface area contributed by atoms with Crippen molar-refractivity contribution in [1.82, 2.24) is 4.98 Å². The SMILES string of the molecule is CCCCCCOc1ccc(C=C(C#N)C(=O)Nc2ncc(Cc3cc(C(F)(F)F)ccc3Cl)s2)cc1. The first-order valence-corrected chi connectivity index (χ1v) is 12.9. The number of hydrogen-bond donors (Lipinski definition) is 1. The van der Waals surface area contributed by atoms with Crippen LogP contribution in [0.4, 0.5) is 18.3 Å². The molecule has 1 N–H and O–H groups in total. The monoisotopic (exact) mass is 547 g/mol. The second-order valence-electron chi connectivity index (χ2n) is 8.21. The van der Waals surface area contributed by atoms with Crippen LogP contribution in [0.25, 0.3) is 6.08 Å². The van der Waals surface area contributed by atoms with Crippen LogP contribution < -0.4 is 10.1 Å². The fourth-order valence-corrected chi connectivity index (χ4v) is 4.40. The molecule has 2 aromatic carbocycles. The fourth-order valence-electron chi connectivity index (χ4n) is 3.38. The summed E-state index contributed by atoms with van der Waals surface area (Å²) >= 11 is 7.16. The van der Waals surface area contributed by atoms with Gasteiger partial charge in [0.1, 0.15) is 17.4 Å². The van der Waals surface area contributed by atoms with Gasteiger partial charge in [-0.1, -0.05) is 49.9 Å². The van der Waals surface area contributed by atoms with Gasteiger partial charge >= 0.3 is 6.18 Å². The first-order valence-electron chi connectivity index (χ1n) is 11.7.